The summed E-state index contributed by atoms with van der Waals surface area (Å²) in [6, 6.07) is 7.50. The van der Waals surface area contributed by atoms with Crippen LogP contribution in [0.15, 0.2) is 24.3 Å². The van der Waals surface area contributed by atoms with E-state index in [0.717, 1.165) is 11.3 Å². The van der Waals surface area contributed by atoms with Crippen LogP contribution in [-0.4, -0.2) is 30.4 Å². The summed E-state index contributed by atoms with van der Waals surface area (Å²) in [7, 11) is 0. The predicted molar refractivity (Wildman–Crippen MR) is 109 cm³/mol. The SMILES string of the molecule is Cc1nn(Cc2cccc(Cl)c2)c(C)c1NC(=O)Cn1nc(C)c([N+](=O)[O-])c1C. The summed E-state index contributed by atoms with van der Waals surface area (Å²) < 4.78 is 3.13. The molecule has 0 unspecified atom stereocenters. The molecule has 0 atom stereocenters. The van der Waals surface area contributed by atoms with Crippen LogP contribution in [-0.2, 0) is 17.9 Å². The van der Waals surface area contributed by atoms with Gasteiger partial charge in [-0.1, -0.05) is 23.7 Å². The fourth-order valence-electron chi connectivity index (χ4n) is 3.26. The molecule has 0 saturated heterocycles. The largest absolute Gasteiger partial charge is 0.321 e. The number of nitrogens with one attached hydrogen (secondary N) is 1. The molecule has 0 fully saturated rings. The number of halogens is 1. The molecule has 1 aromatic carbocycles. The van der Waals surface area contributed by atoms with Gasteiger partial charge in [0.2, 0.25) is 5.91 Å². The molecule has 3 aromatic rings. The lowest BCUT2D eigenvalue weighted by Gasteiger charge is -2.08. The van der Waals surface area contributed by atoms with Gasteiger partial charge in [0.1, 0.15) is 17.9 Å². The zero-order valence-electron chi connectivity index (χ0n) is 16.6. The van der Waals surface area contributed by atoms with E-state index < -0.39 is 4.92 Å². The van der Waals surface area contributed by atoms with Gasteiger partial charge in [0.15, 0.2) is 0 Å². The molecule has 29 heavy (non-hydrogen) atoms. The van der Waals surface area contributed by atoms with Crippen LogP contribution in [0.25, 0.3) is 0 Å². The molecule has 0 radical (unpaired) electrons. The lowest BCUT2D eigenvalue weighted by molar-refractivity contribution is -0.386. The summed E-state index contributed by atoms with van der Waals surface area (Å²) in [4.78, 5) is 23.2. The molecule has 0 bridgehead atoms. The number of benzene rings is 1. The smallest absolute Gasteiger partial charge is 0.312 e. The van der Waals surface area contributed by atoms with E-state index in [1.54, 1.807) is 24.6 Å². The monoisotopic (exact) mass is 416 g/mol. The second-order valence-corrected chi connectivity index (χ2v) is 7.25. The molecule has 0 aliphatic rings. The highest BCUT2D eigenvalue weighted by Gasteiger charge is 2.23. The summed E-state index contributed by atoms with van der Waals surface area (Å²) in [5, 5.41) is 23.2. The Hall–Kier alpha value is -3.20. The first-order valence-corrected chi connectivity index (χ1v) is 9.32. The number of hydrogen-bond acceptors (Lipinski definition) is 5. The van der Waals surface area contributed by atoms with Crippen molar-refractivity contribution in [1.29, 1.82) is 0 Å². The number of aryl methyl sites for hydroxylation is 2. The number of rotatable bonds is 6. The molecule has 0 spiro atoms. The normalized spacial score (nSPS) is 10.9. The minimum atomic E-state index is -0.486. The predicted octanol–water partition coefficient (Wildman–Crippen LogP) is 3.56. The Labute approximate surface area is 172 Å². The number of carbonyl (C=O) groups excluding carboxylic acids is 1. The number of nitro groups is 1. The first-order chi connectivity index (χ1) is 13.7. The van der Waals surface area contributed by atoms with Crippen LogP contribution >= 0.6 is 11.6 Å². The van der Waals surface area contributed by atoms with Crippen molar-refractivity contribution in [3.63, 3.8) is 0 Å². The van der Waals surface area contributed by atoms with Crippen LogP contribution in [0.3, 0.4) is 0 Å². The number of carbonyl (C=O) groups is 1. The van der Waals surface area contributed by atoms with E-state index in [0.29, 0.717) is 28.6 Å². The van der Waals surface area contributed by atoms with Crippen molar-refractivity contribution in [3.05, 3.63) is 67.7 Å². The highest BCUT2D eigenvalue weighted by Crippen LogP contribution is 2.23. The Morgan fingerprint density at radius 2 is 1.83 bits per heavy atom. The lowest BCUT2D eigenvalue weighted by Crippen LogP contribution is -2.21. The molecular weight excluding hydrogens is 396 g/mol. The summed E-state index contributed by atoms with van der Waals surface area (Å²) >= 11 is 6.04. The van der Waals surface area contributed by atoms with Crippen LogP contribution in [0.4, 0.5) is 11.4 Å². The highest BCUT2D eigenvalue weighted by molar-refractivity contribution is 6.30. The van der Waals surface area contributed by atoms with E-state index in [1.807, 2.05) is 32.0 Å². The van der Waals surface area contributed by atoms with Gasteiger partial charge >= 0.3 is 5.69 Å². The molecule has 1 N–H and O–H groups in total. The number of amides is 1. The third kappa shape index (κ3) is 4.29. The Balaban J connectivity index is 1.77. The third-order valence-corrected chi connectivity index (χ3v) is 4.92. The van der Waals surface area contributed by atoms with Gasteiger partial charge in [0, 0.05) is 5.02 Å². The Morgan fingerprint density at radius 3 is 2.45 bits per heavy atom. The van der Waals surface area contributed by atoms with Gasteiger partial charge in [-0.05, 0) is 45.4 Å². The summed E-state index contributed by atoms with van der Waals surface area (Å²) in [6.45, 7) is 7.20. The van der Waals surface area contributed by atoms with Gasteiger partial charge < -0.3 is 5.32 Å². The number of nitrogens with zero attached hydrogens (tertiary/aromatic N) is 5. The van der Waals surface area contributed by atoms with Crippen LogP contribution in [0.2, 0.25) is 5.02 Å². The van der Waals surface area contributed by atoms with Crippen LogP contribution in [0, 0.1) is 37.8 Å². The topological polar surface area (TPSA) is 108 Å². The average molecular weight is 417 g/mol. The van der Waals surface area contributed by atoms with E-state index in [2.05, 4.69) is 15.5 Å². The first-order valence-electron chi connectivity index (χ1n) is 8.94. The molecule has 0 saturated carbocycles. The summed E-state index contributed by atoms with van der Waals surface area (Å²) in [5.74, 6) is -0.334. The maximum absolute atomic E-state index is 12.5. The molecule has 0 aliphatic heterocycles. The average Bonchev–Trinajstić information content (AvgIpc) is 3.05. The molecule has 9 nitrogen and oxygen atoms in total. The summed E-state index contributed by atoms with van der Waals surface area (Å²) in [6.07, 6.45) is 0. The molecule has 3 rings (SSSR count). The van der Waals surface area contributed by atoms with Gasteiger partial charge in [-0.2, -0.15) is 10.2 Å². The van der Waals surface area contributed by atoms with Crippen molar-refractivity contribution in [2.24, 2.45) is 0 Å². The molecular formula is C19H21ClN6O3. The van der Waals surface area contributed by atoms with Crippen molar-refractivity contribution in [3.8, 4) is 0 Å². The third-order valence-electron chi connectivity index (χ3n) is 4.69. The lowest BCUT2D eigenvalue weighted by atomic mass is 10.2. The standard InChI is InChI=1S/C19H21ClN6O3/c1-11-18(13(3)24(22-11)9-15-6-5-7-16(20)8-15)21-17(27)10-25-14(4)19(26(28)29)12(2)23-25/h5-8H,9-10H2,1-4H3,(H,21,27). The number of anilines is 1. The van der Waals surface area contributed by atoms with Crippen molar-refractivity contribution < 1.29 is 9.72 Å². The zero-order chi connectivity index (χ0) is 21.3. The first kappa shape index (κ1) is 20.5. The van der Waals surface area contributed by atoms with Gasteiger partial charge in [-0.25, -0.2) is 0 Å². The van der Waals surface area contributed by atoms with Crippen LogP contribution in [0.1, 0.15) is 28.3 Å². The summed E-state index contributed by atoms with van der Waals surface area (Å²) in [5.41, 5.74) is 3.64. The number of hydrogen-bond donors (Lipinski definition) is 1. The van der Waals surface area contributed by atoms with Gasteiger partial charge in [0.05, 0.1) is 28.5 Å². The zero-order valence-corrected chi connectivity index (χ0v) is 17.3. The van der Waals surface area contributed by atoms with E-state index >= 15 is 0 Å². The van der Waals surface area contributed by atoms with E-state index in [4.69, 9.17) is 11.6 Å². The maximum Gasteiger partial charge on any atom is 0.312 e. The minimum absolute atomic E-state index is 0.0699. The quantitative estimate of drug-likeness (QED) is 0.488. The number of aromatic nitrogens is 4. The molecule has 10 heteroatoms. The maximum atomic E-state index is 12.5. The molecule has 0 aliphatic carbocycles. The highest BCUT2D eigenvalue weighted by atomic mass is 35.5. The second kappa shape index (κ2) is 8.04. The van der Waals surface area contributed by atoms with Gasteiger partial charge in [-0.3, -0.25) is 24.3 Å². The van der Waals surface area contributed by atoms with Crippen molar-refractivity contribution in [2.45, 2.75) is 40.8 Å². The van der Waals surface area contributed by atoms with E-state index in [9.17, 15) is 14.9 Å². The fourth-order valence-corrected chi connectivity index (χ4v) is 3.47. The molecule has 1 amide bonds. The van der Waals surface area contributed by atoms with Crippen LogP contribution < -0.4 is 5.32 Å². The van der Waals surface area contributed by atoms with Crippen molar-refractivity contribution >= 4 is 28.9 Å². The van der Waals surface area contributed by atoms with Crippen LogP contribution in [0.5, 0.6) is 0 Å². The van der Waals surface area contributed by atoms with E-state index in [1.165, 1.54) is 4.68 Å². The Morgan fingerprint density at radius 1 is 1.14 bits per heavy atom. The molecule has 152 valence electrons. The Bertz CT molecular complexity index is 1100. The minimum Gasteiger partial charge on any atom is -0.321 e. The van der Waals surface area contributed by atoms with Crippen molar-refractivity contribution in [2.75, 3.05) is 5.32 Å². The van der Waals surface area contributed by atoms with E-state index in [-0.39, 0.29) is 23.8 Å². The second-order valence-electron chi connectivity index (χ2n) is 6.82. The Kier molecular flexibility index (Phi) is 5.69. The molecule has 2 aromatic heterocycles. The van der Waals surface area contributed by atoms with Gasteiger partial charge in [-0.15, -0.1) is 0 Å². The van der Waals surface area contributed by atoms with Gasteiger partial charge in [0.25, 0.3) is 0 Å². The molecule has 2 heterocycles. The fraction of sp³-hybridized carbons (Fsp3) is 0.316. The van der Waals surface area contributed by atoms with Crippen molar-refractivity contribution in [1.82, 2.24) is 19.6 Å².